The first-order valence-electron chi connectivity index (χ1n) is 7.03. The minimum Gasteiger partial charge on any atom is -0.508 e. The topological polar surface area (TPSA) is 65.0 Å². The second-order valence-corrected chi connectivity index (χ2v) is 6.08. The Morgan fingerprint density at radius 1 is 1.24 bits per heavy atom. The van der Waals surface area contributed by atoms with Crippen LogP contribution in [-0.4, -0.2) is 36.0 Å². The Labute approximate surface area is 125 Å². The molecule has 0 aromatic heterocycles. The van der Waals surface area contributed by atoms with Gasteiger partial charge in [-0.3, -0.25) is 0 Å². The molecule has 0 unspecified atom stereocenters. The molecule has 114 valence electrons. The molecule has 21 heavy (non-hydrogen) atoms. The zero-order valence-corrected chi connectivity index (χ0v) is 13.1. The highest BCUT2D eigenvalue weighted by Crippen LogP contribution is 2.37. The summed E-state index contributed by atoms with van der Waals surface area (Å²) in [5.41, 5.74) is -0.162. The third kappa shape index (κ3) is 2.92. The number of rotatable bonds is 3. The van der Waals surface area contributed by atoms with Gasteiger partial charge in [0.1, 0.15) is 5.75 Å². The lowest BCUT2D eigenvalue weighted by Crippen LogP contribution is -2.41. The summed E-state index contributed by atoms with van der Waals surface area (Å²) in [6, 6.07) is 4.60. The van der Waals surface area contributed by atoms with Crippen molar-refractivity contribution in [2.45, 2.75) is 45.8 Å². The number of hydrogen-bond acceptors (Lipinski definition) is 5. The summed E-state index contributed by atoms with van der Waals surface area (Å²) in [6.07, 6.45) is 0. The van der Waals surface area contributed by atoms with E-state index in [0.29, 0.717) is 17.6 Å². The standard InChI is InChI=1S/C15H21BO5/c1-6-19-13(18)10-7-8-11(12(17)9-10)16-20-14(2,3)15(4,5)21-16/h7-9,17H,6H2,1-5H3. The summed E-state index contributed by atoms with van der Waals surface area (Å²) >= 11 is 0. The first-order chi connectivity index (χ1) is 9.68. The van der Waals surface area contributed by atoms with Crippen molar-refractivity contribution in [3.63, 3.8) is 0 Å². The Kier molecular flexibility index (Phi) is 4.04. The Balaban J connectivity index is 2.25. The van der Waals surface area contributed by atoms with E-state index in [1.54, 1.807) is 19.1 Å². The molecule has 0 spiro atoms. The van der Waals surface area contributed by atoms with Crippen molar-refractivity contribution in [2.75, 3.05) is 6.61 Å². The van der Waals surface area contributed by atoms with E-state index in [1.165, 1.54) is 6.07 Å². The summed E-state index contributed by atoms with van der Waals surface area (Å²) in [6.45, 7) is 9.79. The molecule has 0 aliphatic carbocycles. The highest BCUT2D eigenvalue weighted by atomic mass is 16.7. The van der Waals surface area contributed by atoms with Gasteiger partial charge in [-0.1, -0.05) is 6.07 Å². The average Bonchev–Trinajstić information content (AvgIpc) is 2.58. The minimum absolute atomic E-state index is 0.0425. The third-order valence-electron chi connectivity index (χ3n) is 4.05. The van der Waals surface area contributed by atoms with Gasteiger partial charge < -0.3 is 19.2 Å². The quantitative estimate of drug-likeness (QED) is 0.680. The minimum atomic E-state index is -0.661. The van der Waals surface area contributed by atoms with Crippen LogP contribution in [0.2, 0.25) is 0 Å². The van der Waals surface area contributed by atoms with E-state index < -0.39 is 24.3 Å². The van der Waals surface area contributed by atoms with Gasteiger partial charge in [0.05, 0.1) is 23.4 Å². The van der Waals surface area contributed by atoms with Crippen LogP contribution < -0.4 is 5.46 Å². The summed E-state index contributed by atoms with van der Waals surface area (Å²) < 4.78 is 16.7. The van der Waals surface area contributed by atoms with E-state index in [9.17, 15) is 9.90 Å². The van der Waals surface area contributed by atoms with Crippen molar-refractivity contribution in [2.24, 2.45) is 0 Å². The number of carbonyl (C=O) groups excluding carboxylic acids is 1. The lowest BCUT2D eigenvalue weighted by molar-refractivity contribution is 0.00578. The number of phenols is 1. The molecule has 1 N–H and O–H groups in total. The zero-order chi connectivity index (χ0) is 15.8. The molecule has 1 saturated heterocycles. The van der Waals surface area contributed by atoms with Crippen LogP contribution in [0.4, 0.5) is 0 Å². The molecular formula is C15H21BO5. The highest BCUT2D eigenvalue weighted by Gasteiger charge is 2.52. The van der Waals surface area contributed by atoms with E-state index >= 15 is 0 Å². The van der Waals surface area contributed by atoms with Gasteiger partial charge in [0.25, 0.3) is 0 Å². The van der Waals surface area contributed by atoms with Crippen LogP contribution in [0.25, 0.3) is 0 Å². The Hall–Kier alpha value is -1.53. The monoisotopic (exact) mass is 292 g/mol. The molecule has 0 saturated carbocycles. The number of phenolic OH excluding ortho intramolecular Hbond substituents is 1. The van der Waals surface area contributed by atoms with Crippen molar-refractivity contribution >= 4 is 18.6 Å². The Bertz CT molecular complexity index is 537. The molecule has 2 rings (SSSR count). The first-order valence-corrected chi connectivity index (χ1v) is 7.03. The maximum absolute atomic E-state index is 11.6. The van der Waals surface area contributed by atoms with Crippen molar-refractivity contribution in [1.82, 2.24) is 0 Å². The van der Waals surface area contributed by atoms with Gasteiger partial charge in [0.2, 0.25) is 0 Å². The number of benzene rings is 1. The van der Waals surface area contributed by atoms with Gasteiger partial charge in [-0.25, -0.2) is 4.79 Å². The Morgan fingerprint density at radius 2 is 1.81 bits per heavy atom. The van der Waals surface area contributed by atoms with Gasteiger partial charge in [-0.15, -0.1) is 0 Å². The number of ether oxygens (including phenoxy) is 1. The average molecular weight is 292 g/mol. The van der Waals surface area contributed by atoms with Gasteiger partial charge >= 0.3 is 13.1 Å². The molecule has 0 atom stereocenters. The van der Waals surface area contributed by atoms with Gasteiger partial charge in [0, 0.05) is 5.46 Å². The Morgan fingerprint density at radius 3 is 2.29 bits per heavy atom. The molecule has 1 aliphatic rings. The summed E-state index contributed by atoms with van der Waals surface area (Å²) in [4.78, 5) is 11.6. The molecule has 0 bridgehead atoms. The smallest absolute Gasteiger partial charge is 0.498 e. The predicted molar refractivity (Wildman–Crippen MR) is 79.8 cm³/mol. The molecule has 1 aromatic carbocycles. The highest BCUT2D eigenvalue weighted by molar-refractivity contribution is 6.63. The zero-order valence-electron chi connectivity index (χ0n) is 13.1. The van der Waals surface area contributed by atoms with Crippen LogP contribution in [0.1, 0.15) is 45.0 Å². The van der Waals surface area contributed by atoms with E-state index in [-0.39, 0.29) is 5.75 Å². The van der Waals surface area contributed by atoms with Gasteiger partial charge in [-0.05, 0) is 46.8 Å². The van der Waals surface area contributed by atoms with E-state index in [0.717, 1.165) is 0 Å². The third-order valence-corrected chi connectivity index (χ3v) is 4.05. The fourth-order valence-corrected chi connectivity index (χ4v) is 2.05. The maximum Gasteiger partial charge on any atom is 0.498 e. The molecule has 1 fully saturated rings. The summed E-state index contributed by atoms with van der Waals surface area (Å²) in [5, 5.41) is 10.1. The van der Waals surface area contributed by atoms with Crippen molar-refractivity contribution in [3.05, 3.63) is 23.8 Å². The number of hydrogen-bond donors (Lipinski definition) is 1. The van der Waals surface area contributed by atoms with Crippen LogP contribution >= 0.6 is 0 Å². The van der Waals surface area contributed by atoms with E-state index in [4.69, 9.17) is 14.0 Å². The molecule has 5 nitrogen and oxygen atoms in total. The van der Waals surface area contributed by atoms with Crippen molar-refractivity contribution in [3.8, 4) is 5.75 Å². The molecule has 6 heteroatoms. The van der Waals surface area contributed by atoms with Crippen LogP contribution in [-0.2, 0) is 14.0 Å². The number of aromatic hydroxyl groups is 1. The molecular weight excluding hydrogens is 271 g/mol. The fraction of sp³-hybridized carbons (Fsp3) is 0.533. The van der Waals surface area contributed by atoms with Crippen LogP contribution in [0.5, 0.6) is 5.75 Å². The van der Waals surface area contributed by atoms with Crippen LogP contribution in [0.3, 0.4) is 0 Å². The molecule has 0 amide bonds. The first kappa shape index (κ1) is 15.9. The van der Waals surface area contributed by atoms with Crippen molar-refractivity contribution < 1.29 is 23.9 Å². The lowest BCUT2D eigenvalue weighted by Gasteiger charge is -2.32. The molecule has 1 heterocycles. The van der Waals surface area contributed by atoms with Gasteiger partial charge in [-0.2, -0.15) is 0 Å². The second kappa shape index (κ2) is 5.35. The van der Waals surface area contributed by atoms with Gasteiger partial charge in [0.15, 0.2) is 0 Å². The lowest BCUT2D eigenvalue weighted by atomic mass is 9.78. The number of carbonyl (C=O) groups is 1. The summed E-state index contributed by atoms with van der Waals surface area (Å²) in [7, 11) is -0.661. The SMILES string of the molecule is CCOC(=O)c1ccc(B2OC(C)(C)C(C)(C)O2)c(O)c1. The van der Waals surface area contributed by atoms with Crippen LogP contribution in [0.15, 0.2) is 18.2 Å². The van der Waals surface area contributed by atoms with Crippen molar-refractivity contribution in [1.29, 1.82) is 0 Å². The van der Waals surface area contributed by atoms with Crippen LogP contribution in [0, 0.1) is 0 Å². The largest absolute Gasteiger partial charge is 0.508 e. The summed E-state index contributed by atoms with van der Waals surface area (Å²) in [5.74, 6) is -0.507. The fourth-order valence-electron chi connectivity index (χ4n) is 2.05. The second-order valence-electron chi connectivity index (χ2n) is 6.08. The molecule has 1 aliphatic heterocycles. The normalized spacial score (nSPS) is 19.6. The van der Waals surface area contributed by atoms with E-state index in [1.807, 2.05) is 27.7 Å². The van der Waals surface area contributed by atoms with E-state index in [2.05, 4.69) is 0 Å². The maximum atomic E-state index is 11.6. The predicted octanol–water partition coefficient (Wildman–Crippen LogP) is 1.87. The number of esters is 1. The molecule has 0 radical (unpaired) electrons. The molecule has 1 aromatic rings.